The standard InChI is InChI=1S/C29H25Cl2N7/c1-3-25(18-9-5-4-6-10-18)35-27-19(15-32)16-33-28-22(27)13-20(14-24(28)31)34-29(26-17(2)36-38-37-26)21-11-7-8-12-23(21)30/h4-14,16,25,29,34H,3H2,1-2H3,(H,33,35)(H,36,37,38)/t25-,29?/m1/s1/i29D. The zero-order valence-electron chi connectivity index (χ0n) is 21.8. The molecule has 0 saturated heterocycles. The largest absolute Gasteiger partial charge is 0.377 e. The van der Waals surface area contributed by atoms with Crippen LogP contribution in [0.3, 0.4) is 0 Å². The summed E-state index contributed by atoms with van der Waals surface area (Å²) in [6.45, 7) is 3.88. The van der Waals surface area contributed by atoms with Crippen molar-refractivity contribution in [2.75, 3.05) is 10.6 Å². The summed E-state index contributed by atoms with van der Waals surface area (Å²) in [5.74, 6) is 0. The molecule has 3 aromatic carbocycles. The van der Waals surface area contributed by atoms with Crippen molar-refractivity contribution in [3.63, 3.8) is 0 Å². The molecule has 0 saturated carbocycles. The molecule has 2 atom stereocenters. The van der Waals surface area contributed by atoms with Crippen molar-refractivity contribution in [2.24, 2.45) is 0 Å². The summed E-state index contributed by atoms with van der Waals surface area (Å²) in [6, 6.07) is 21.3. The second kappa shape index (κ2) is 11.1. The number of nitriles is 1. The van der Waals surface area contributed by atoms with E-state index in [4.69, 9.17) is 23.2 Å². The Balaban J connectivity index is 1.66. The van der Waals surface area contributed by atoms with E-state index >= 15 is 0 Å². The van der Waals surface area contributed by atoms with Gasteiger partial charge in [0.1, 0.15) is 11.8 Å². The van der Waals surface area contributed by atoms with Crippen molar-refractivity contribution in [3.05, 3.63) is 111 Å². The first kappa shape index (κ1) is 24.2. The number of hydrogen-bond acceptors (Lipinski definition) is 6. The molecule has 0 amide bonds. The first-order valence-corrected chi connectivity index (χ1v) is 12.9. The number of anilines is 2. The lowest BCUT2D eigenvalue weighted by atomic mass is 10.0. The van der Waals surface area contributed by atoms with E-state index in [2.05, 4.69) is 56.2 Å². The summed E-state index contributed by atoms with van der Waals surface area (Å²) in [4.78, 5) is 4.47. The van der Waals surface area contributed by atoms with E-state index in [0.717, 1.165) is 12.0 Å². The fourth-order valence-corrected chi connectivity index (χ4v) is 4.93. The number of aromatic nitrogens is 4. The molecule has 2 aromatic heterocycles. The van der Waals surface area contributed by atoms with Crippen LogP contribution >= 0.6 is 23.2 Å². The van der Waals surface area contributed by atoms with Gasteiger partial charge in [0.2, 0.25) is 0 Å². The molecule has 5 rings (SSSR count). The summed E-state index contributed by atoms with van der Waals surface area (Å²) >= 11 is 13.3. The number of aromatic amines is 1. The summed E-state index contributed by atoms with van der Waals surface area (Å²) in [6.07, 6.45) is 2.32. The molecule has 0 fully saturated rings. The maximum atomic E-state index is 9.95. The predicted octanol–water partition coefficient (Wildman–Crippen LogP) is 7.60. The number of halogens is 2. The first-order valence-electron chi connectivity index (χ1n) is 12.6. The Labute approximate surface area is 232 Å². The molecular weight excluding hydrogens is 517 g/mol. The summed E-state index contributed by atoms with van der Waals surface area (Å²) < 4.78 is 9.56. The molecule has 7 nitrogen and oxygen atoms in total. The number of nitrogens with zero attached hydrogens (tertiary/aromatic N) is 4. The maximum absolute atomic E-state index is 9.95. The normalized spacial score (nSPS) is 13.8. The molecule has 3 N–H and O–H groups in total. The fourth-order valence-electron chi connectivity index (χ4n) is 4.43. The molecule has 0 radical (unpaired) electrons. The van der Waals surface area contributed by atoms with Crippen LogP contribution in [-0.4, -0.2) is 20.4 Å². The average Bonchev–Trinajstić information content (AvgIpc) is 3.39. The zero-order chi connectivity index (χ0) is 27.6. The highest BCUT2D eigenvalue weighted by Crippen LogP contribution is 2.38. The molecule has 5 aromatic rings. The van der Waals surface area contributed by atoms with Gasteiger partial charge in [0, 0.05) is 22.3 Å². The number of rotatable bonds is 8. The average molecular weight is 543 g/mol. The molecule has 0 aliphatic carbocycles. The third-order valence-electron chi connectivity index (χ3n) is 6.35. The number of aryl methyl sites for hydroxylation is 1. The van der Waals surface area contributed by atoms with Gasteiger partial charge < -0.3 is 10.6 Å². The molecule has 0 aliphatic rings. The topological polar surface area (TPSA) is 102 Å². The van der Waals surface area contributed by atoms with Crippen LogP contribution in [0.5, 0.6) is 0 Å². The van der Waals surface area contributed by atoms with Crippen molar-refractivity contribution in [1.82, 2.24) is 20.4 Å². The Morgan fingerprint density at radius 3 is 2.50 bits per heavy atom. The van der Waals surface area contributed by atoms with Gasteiger partial charge in [-0.05, 0) is 42.7 Å². The highest BCUT2D eigenvalue weighted by Gasteiger charge is 2.23. The summed E-state index contributed by atoms with van der Waals surface area (Å²) in [5, 5.41) is 29.1. The Bertz CT molecular complexity index is 1680. The lowest BCUT2D eigenvalue weighted by molar-refractivity contribution is 0.750. The van der Waals surface area contributed by atoms with Crippen LogP contribution in [0.15, 0.2) is 72.9 Å². The minimum absolute atomic E-state index is 0.0459. The van der Waals surface area contributed by atoms with Gasteiger partial charge in [0.15, 0.2) is 0 Å². The molecule has 190 valence electrons. The lowest BCUT2D eigenvalue weighted by Crippen LogP contribution is -2.15. The van der Waals surface area contributed by atoms with E-state index < -0.39 is 6.02 Å². The Morgan fingerprint density at radius 2 is 1.82 bits per heavy atom. The number of H-pyrrole nitrogens is 1. The molecule has 9 heteroatoms. The van der Waals surface area contributed by atoms with Crippen molar-refractivity contribution in [1.29, 1.82) is 5.26 Å². The van der Waals surface area contributed by atoms with Crippen molar-refractivity contribution in [3.8, 4) is 6.07 Å². The maximum Gasteiger partial charge on any atom is 0.112 e. The van der Waals surface area contributed by atoms with Crippen LogP contribution in [0.1, 0.15) is 54.9 Å². The van der Waals surface area contributed by atoms with E-state index in [-0.39, 0.29) is 6.04 Å². The van der Waals surface area contributed by atoms with Gasteiger partial charge in [0.05, 0.1) is 40.9 Å². The van der Waals surface area contributed by atoms with Crippen molar-refractivity contribution in [2.45, 2.75) is 32.3 Å². The number of benzene rings is 3. The van der Waals surface area contributed by atoms with Crippen LogP contribution in [0.25, 0.3) is 10.9 Å². The molecular formula is C29H25Cl2N7. The van der Waals surface area contributed by atoms with E-state index in [0.29, 0.717) is 54.8 Å². The molecule has 38 heavy (non-hydrogen) atoms. The third-order valence-corrected chi connectivity index (χ3v) is 6.96. The van der Waals surface area contributed by atoms with E-state index in [9.17, 15) is 6.63 Å². The first-order chi connectivity index (χ1) is 18.9. The lowest BCUT2D eigenvalue weighted by Gasteiger charge is -2.23. The molecule has 0 bridgehead atoms. The number of hydrogen-bond donors (Lipinski definition) is 3. The summed E-state index contributed by atoms with van der Waals surface area (Å²) in [7, 11) is 0. The van der Waals surface area contributed by atoms with Crippen LogP contribution < -0.4 is 10.6 Å². The van der Waals surface area contributed by atoms with Gasteiger partial charge in [-0.15, -0.1) is 5.10 Å². The summed E-state index contributed by atoms with van der Waals surface area (Å²) in [5.41, 5.74) is 4.65. The highest BCUT2D eigenvalue weighted by atomic mass is 35.5. The Morgan fingerprint density at radius 1 is 1.05 bits per heavy atom. The highest BCUT2D eigenvalue weighted by molar-refractivity contribution is 6.36. The fraction of sp³-hybridized carbons (Fsp3) is 0.172. The molecule has 0 spiro atoms. The second-order valence-electron chi connectivity index (χ2n) is 8.79. The van der Waals surface area contributed by atoms with Gasteiger partial charge in [-0.3, -0.25) is 10.1 Å². The second-order valence-corrected chi connectivity index (χ2v) is 9.61. The smallest absolute Gasteiger partial charge is 0.112 e. The van der Waals surface area contributed by atoms with Crippen molar-refractivity contribution >= 4 is 45.5 Å². The van der Waals surface area contributed by atoms with Gasteiger partial charge in [-0.25, -0.2) is 0 Å². The monoisotopic (exact) mass is 542 g/mol. The zero-order valence-corrected chi connectivity index (χ0v) is 22.3. The van der Waals surface area contributed by atoms with Crippen LogP contribution in [0, 0.1) is 18.3 Å². The van der Waals surface area contributed by atoms with Crippen molar-refractivity contribution < 1.29 is 1.37 Å². The van der Waals surface area contributed by atoms with Gasteiger partial charge >= 0.3 is 0 Å². The predicted molar refractivity (Wildman–Crippen MR) is 153 cm³/mol. The minimum Gasteiger partial charge on any atom is -0.377 e. The third kappa shape index (κ3) is 5.01. The molecule has 0 aliphatic heterocycles. The number of nitrogens with one attached hydrogen (secondary N) is 3. The van der Waals surface area contributed by atoms with Crippen LogP contribution in [-0.2, 0) is 0 Å². The molecule has 2 heterocycles. The van der Waals surface area contributed by atoms with E-state index in [1.54, 1.807) is 31.2 Å². The van der Waals surface area contributed by atoms with E-state index in [1.165, 1.54) is 6.20 Å². The van der Waals surface area contributed by atoms with E-state index in [1.807, 2.05) is 30.3 Å². The molecule has 1 unspecified atom stereocenters. The number of pyridine rings is 1. The van der Waals surface area contributed by atoms with Crippen LogP contribution in [0.4, 0.5) is 11.4 Å². The van der Waals surface area contributed by atoms with Gasteiger partial charge in [0.25, 0.3) is 0 Å². The quantitative estimate of drug-likeness (QED) is 0.186. The van der Waals surface area contributed by atoms with Crippen LogP contribution in [0.2, 0.25) is 10.0 Å². The van der Waals surface area contributed by atoms with Gasteiger partial charge in [-0.2, -0.15) is 5.26 Å². The Kier molecular flexibility index (Phi) is 7.07. The SMILES string of the molecule is [2H]C(Nc1cc(Cl)c2ncc(C#N)c(N[C@H](CC)c3ccccc3)c2c1)(c1ccccc1Cl)c1nn[nH]c1C. The van der Waals surface area contributed by atoms with Gasteiger partial charge in [-0.1, -0.05) is 83.9 Å². The Hall–Kier alpha value is -4.12. The number of fused-ring (bicyclic) bond motifs is 1. The minimum atomic E-state index is -1.60.